The predicted octanol–water partition coefficient (Wildman–Crippen LogP) is -0.0644. The highest BCUT2D eigenvalue weighted by Crippen LogP contribution is 1.92. The number of aliphatic carboxylic acids is 1. The van der Waals surface area contributed by atoms with Crippen LogP contribution in [0.4, 0.5) is 0 Å². The van der Waals surface area contributed by atoms with Crippen molar-refractivity contribution in [3.05, 3.63) is 23.8 Å². The van der Waals surface area contributed by atoms with Crippen LogP contribution >= 0.6 is 0 Å². The van der Waals surface area contributed by atoms with Crippen LogP contribution in [0.15, 0.2) is 18.0 Å². The summed E-state index contributed by atoms with van der Waals surface area (Å²) in [5.74, 6) is -0.0770. The fourth-order valence-corrected chi connectivity index (χ4v) is 0.964. The molecule has 1 heterocycles. The van der Waals surface area contributed by atoms with Crippen LogP contribution in [0.5, 0.6) is 0 Å². The van der Waals surface area contributed by atoms with Gasteiger partial charge in [0.15, 0.2) is 0 Å². The van der Waals surface area contributed by atoms with Crippen LogP contribution in [0.3, 0.4) is 0 Å². The highest BCUT2D eigenvalue weighted by atomic mass is 16.4. The molecule has 1 rings (SSSR count). The van der Waals surface area contributed by atoms with Crippen molar-refractivity contribution in [2.75, 3.05) is 6.54 Å². The summed E-state index contributed by atoms with van der Waals surface area (Å²) < 4.78 is 1.81. The Morgan fingerprint density at radius 3 is 3.00 bits per heavy atom. The number of carboxylic acid groups (broad SMARTS) is 1. The van der Waals surface area contributed by atoms with Gasteiger partial charge in [-0.2, -0.15) is 0 Å². The lowest BCUT2D eigenvalue weighted by atomic mass is 10.3. The number of hydrogen-bond donors (Lipinski definition) is 2. The lowest BCUT2D eigenvalue weighted by Gasteiger charge is -2.01. The quantitative estimate of drug-likeness (QED) is 0.525. The van der Waals surface area contributed by atoms with Crippen molar-refractivity contribution in [1.82, 2.24) is 20.1 Å². The maximum atomic E-state index is 10.5. The summed E-state index contributed by atoms with van der Waals surface area (Å²) in [6, 6.07) is 0. The van der Waals surface area contributed by atoms with E-state index in [9.17, 15) is 4.79 Å². The van der Waals surface area contributed by atoms with Gasteiger partial charge < -0.3 is 15.0 Å². The number of hydrogen-bond acceptors (Lipinski definition) is 4. The third-order valence-electron chi connectivity index (χ3n) is 1.98. The maximum absolute atomic E-state index is 10.5. The summed E-state index contributed by atoms with van der Waals surface area (Å²) in [6.07, 6.45) is 3.24. The molecule has 0 unspecified atom stereocenters. The molecule has 0 amide bonds. The van der Waals surface area contributed by atoms with Crippen molar-refractivity contribution in [1.29, 1.82) is 0 Å². The lowest BCUT2D eigenvalue weighted by Crippen LogP contribution is -2.16. The Labute approximate surface area is 87.6 Å². The molecule has 2 N–H and O–H groups in total. The van der Waals surface area contributed by atoms with E-state index in [-0.39, 0.29) is 0 Å². The summed E-state index contributed by atoms with van der Waals surface area (Å²) in [5.41, 5.74) is 0.334. The maximum Gasteiger partial charge on any atom is 0.330 e. The number of nitrogens with one attached hydrogen (secondary N) is 1. The number of carboxylic acids is 1. The Morgan fingerprint density at radius 2 is 2.47 bits per heavy atom. The van der Waals surface area contributed by atoms with Crippen molar-refractivity contribution < 1.29 is 9.90 Å². The molecule has 0 saturated carbocycles. The van der Waals surface area contributed by atoms with Gasteiger partial charge in [0.25, 0.3) is 0 Å². The summed E-state index contributed by atoms with van der Waals surface area (Å²) in [4.78, 5) is 10.5. The van der Waals surface area contributed by atoms with Gasteiger partial charge in [0.2, 0.25) is 0 Å². The Kier molecular flexibility index (Phi) is 3.99. The first kappa shape index (κ1) is 11.4. The zero-order valence-electron chi connectivity index (χ0n) is 8.77. The molecule has 6 nitrogen and oxygen atoms in total. The van der Waals surface area contributed by atoms with Crippen LogP contribution in [0, 0.1) is 0 Å². The van der Waals surface area contributed by atoms with Gasteiger partial charge in [-0.3, -0.25) is 0 Å². The monoisotopic (exact) mass is 210 g/mol. The predicted molar refractivity (Wildman–Crippen MR) is 54.1 cm³/mol. The topological polar surface area (TPSA) is 80.0 Å². The molecule has 0 aromatic carbocycles. The van der Waals surface area contributed by atoms with Gasteiger partial charge >= 0.3 is 5.97 Å². The second kappa shape index (κ2) is 5.26. The lowest BCUT2D eigenvalue weighted by molar-refractivity contribution is -0.132. The number of aryl methyl sites for hydroxylation is 1. The van der Waals surface area contributed by atoms with Gasteiger partial charge in [0, 0.05) is 19.2 Å². The van der Waals surface area contributed by atoms with E-state index in [1.165, 1.54) is 0 Å². The largest absolute Gasteiger partial charge is 0.478 e. The third-order valence-corrected chi connectivity index (χ3v) is 1.98. The minimum atomic E-state index is -0.893. The summed E-state index contributed by atoms with van der Waals surface area (Å²) >= 11 is 0. The van der Waals surface area contributed by atoms with E-state index in [4.69, 9.17) is 5.11 Å². The van der Waals surface area contributed by atoms with E-state index in [1.807, 2.05) is 7.05 Å². The molecule has 0 aliphatic carbocycles. The molecular formula is C9H14N4O2. The zero-order valence-corrected chi connectivity index (χ0v) is 8.77. The molecule has 0 saturated heterocycles. The van der Waals surface area contributed by atoms with Crippen molar-refractivity contribution in [2.45, 2.75) is 13.5 Å². The molecule has 15 heavy (non-hydrogen) atoms. The average Bonchev–Trinajstić information content (AvgIpc) is 2.58. The standard InChI is InChI=1S/C9H14N4O2/c1-7(9(14)15)3-4-10-5-8-12-11-6-13(8)2/h3,6,10H,4-5H2,1-2H3,(H,14,15). The Morgan fingerprint density at radius 1 is 1.73 bits per heavy atom. The Bertz CT molecular complexity index is 370. The molecule has 82 valence electrons. The van der Waals surface area contributed by atoms with Gasteiger partial charge in [0.05, 0.1) is 6.54 Å². The molecular weight excluding hydrogens is 196 g/mol. The van der Waals surface area contributed by atoms with Gasteiger partial charge in [-0.15, -0.1) is 10.2 Å². The highest BCUT2D eigenvalue weighted by Gasteiger charge is 2.00. The van der Waals surface area contributed by atoms with E-state index < -0.39 is 5.97 Å². The van der Waals surface area contributed by atoms with Gasteiger partial charge in [0.1, 0.15) is 12.2 Å². The first-order chi connectivity index (χ1) is 7.11. The van der Waals surface area contributed by atoms with E-state index in [0.29, 0.717) is 18.7 Å². The zero-order chi connectivity index (χ0) is 11.3. The van der Waals surface area contributed by atoms with E-state index in [1.54, 1.807) is 23.9 Å². The smallest absolute Gasteiger partial charge is 0.330 e. The Balaban J connectivity index is 2.32. The SMILES string of the molecule is CC(=CCNCc1nncn1C)C(=O)O. The van der Waals surface area contributed by atoms with Crippen LogP contribution in [0.25, 0.3) is 0 Å². The van der Waals surface area contributed by atoms with E-state index >= 15 is 0 Å². The number of aromatic nitrogens is 3. The van der Waals surface area contributed by atoms with Crippen LogP contribution in [0.2, 0.25) is 0 Å². The molecule has 0 atom stereocenters. The van der Waals surface area contributed by atoms with E-state index in [0.717, 1.165) is 5.82 Å². The molecule has 1 aromatic heterocycles. The fourth-order valence-electron chi connectivity index (χ4n) is 0.964. The fraction of sp³-hybridized carbons (Fsp3) is 0.444. The number of carbonyl (C=O) groups is 1. The van der Waals surface area contributed by atoms with Crippen molar-refractivity contribution in [3.8, 4) is 0 Å². The van der Waals surface area contributed by atoms with Crippen molar-refractivity contribution in [2.24, 2.45) is 7.05 Å². The van der Waals surface area contributed by atoms with Crippen LogP contribution in [-0.2, 0) is 18.4 Å². The molecule has 0 radical (unpaired) electrons. The van der Waals surface area contributed by atoms with Crippen LogP contribution < -0.4 is 5.32 Å². The minimum Gasteiger partial charge on any atom is -0.478 e. The van der Waals surface area contributed by atoms with Gasteiger partial charge in [-0.05, 0) is 6.92 Å². The first-order valence-corrected chi connectivity index (χ1v) is 4.55. The first-order valence-electron chi connectivity index (χ1n) is 4.55. The second-order valence-electron chi connectivity index (χ2n) is 3.18. The molecule has 0 fully saturated rings. The van der Waals surface area contributed by atoms with Crippen molar-refractivity contribution in [3.63, 3.8) is 0 Å². The van der Waals surface area contributed by atoms with E-state index in [2.05, 4.69) is 15.5 Å². The molecule has 0 bridgehead atoms. The van der Waals surface area contributed by atoms with Crippen LogP contribution in [-0.4, -0.2) is 32.4 Å². The Hall–Kier alpha value is -1.69. The van der Waals surface area contributed by atoms with Gasteiger partial charge in [-0.1, -0.05) is 6.08 Å². The molecule has 6 heteroatoms. The van der Waals surface area contributed by atoms with Gasteiger partial charge in [-0.25, -0.2) is 4.79 Å². The summed E-state index contributed by atoms with van der Waals surface area (Å²) in [7, 11) is 1.86. The second-order valence-corrected chi connectivity index (χ2v) is 3.18. The van der Waals surface area contributed by atoms with Crippen molar-refractivity contribution >= 4 is 5.97 Å². The summed E-state index contributed by atoms with van der Waals surface area (Å²) in [5, 5.41) is 19.2. The average molecular weight is 210 g/mol. The molecule has 0 aliphatic rings. The molecule has 1 aromatic rings. The summed E-state index contributed by atoms with van der Waals surface area (Å²) in [6.45, 7) is 2.64. The molecule has 0 aliphatic heterocycles. The van der Waals surface area contributed by atoms with Crippen LogP contribution in [0.1, 0.15) is 12.7 Å². The normalized spacial score (nSPS) is 11.7. The highest BCUT2D eigenvalue weighted by molar-refractivity contribution is 5.85. The number of rotatable bonds is 5. The third kappa shape index (κ3) is 3.51. The minimum absolute atomic E-state index is 0.334. The number of nitrogens with zero attached hydrogens (tertiary/aromatic N) is 3. The molecule has 0 spiro atoms.